The summed E-state index contributed by atoms with van der Waals surface area (Å²) in [6.45, 7) is 3.09. The van der Waals surface area contributed by atoms with Gasteiger partial charge in [-0.15, -0.1) is 0 Å². The molecule has 0 amide bonds. The van der Waals surface area contributed by atoms with Gasteiger partial charge in [0.25, 0.3) is 10.0 Å². The first-order valence-electron chi connectivity index (χ1n) is 5.22. The van der Waals surface area contributed by atoms with Crippen LogP contribution in [0.4, 0.5) is 10.1 Å². The van der Waals surface area contributed by atoms with Crippen molar-refractivity contribution >= 4 is 38.6 Å². The van der Waals surface area contributed by atoms with Crippen molar-refractivity contribution in [2.45, 2.75) is 18.1 Å². The predicted molar refractivity (Wildman–Crippen MR) is 73.8 cm³/mol. The van der Waals surface area contributed by atoms with Gasteiger partial charge >= 0.3 is 0 Å². The van der Waals surface area contributed by atoms with Crippen LogP contribution < -0.4 is 4.72 Å². The van der Waals surface area contributed by atoms with Crippen LogP contribution in [-0.4, -0.2) is 13.4 Å². The van der Waals surface area contributed by atoms with Gasteiger partial charge in [-0.2, -0.15) is 0 Å². The van der Waals surface area contributed by atoms with E-state index in [2.05, 4.69) is 9.71 Å². The first-order chi connectivity index (χ1) is 8.81. The summed E-state index contributed by atoms with van der Waals surface area (Å²) in [7, 11) is -3.88. The van der Waals surface area contributed by atoms with Gasteiger partial charge in [-0.05, 0) is 25.5 Å². The SMILES string of the molecule is Cc1cccc(NS(=O)(=O)c2sc(Cl)nc2C)c1F. The molecule has 0 fully saturated rings. The lowest BCUT2D eigenvalue weighted by atomic mass is 10.2. The van der Waals surface area contributed by atoms with Crippen LogP contribution in [0.3, 0.4) is 0 Å². The van der Waals surface area contributed by atoms with Crippen LogP contribution in [0.2, 0.25) is 4.47 Å². The van der Waals surface area contributed by atoms with Gasteiger partial charge in [0.2, 0.25) is 0 Å². The standard InChI is InChI=1S/C11H10ClFN2O2S2/c1-6-4-3-5-8(9(6)13)15-19(16,17)10-7(2)14-11(12)18-10/h3-5,15H,1-2H3. The maximum Gasteiger partial charge on any atom is 0.273 e. The average molecular weight is 321 g/mol. The van der Waals surface area contributed by atoms with E-state index < -0.39 is 15.8 Å². The fraction of sp³-hybridized carbons (Fsp3) is 0.182. The van der Waals surface area contributed by atoms with Gasteiger partial charge < -0.3 is 0 Å². The van der Waals surface area contributed by atoms with Crippen LogP contribution in [-0.2, 0) is 10.0 Å². The summed E-state index contributed by atoms with van der Waals surface area (Å²) in [6.07, 6.45) is 0. The zero-order valence-electron chi connectivity index (χ0n) is 10.1. The zero-order valence-corrected chi connectivity index (χ0v) is 12.5. The number of thiazole rings is 1. The Morgan fingerprint density at radius 3 is 2.63 bits per heavy atom. The highest BCUT2D eigenvalue weighted by Crippen LogP contribution is 2.29. The molecule has 0 aliphatic carbocycles. The van der Waals surface area contributed by atoms with Crippen molar-refractivity contribution in [3.8, 4) is 0 Å². The lowest BCUT2D eigenvalue weighted by molar-refractivity contribution is 0.598. The fourth-order valence-corrected chi connectivity index (χ4v) is 4.32. The van der Waals surface area contributed by atoms with Gasteiger partial charge in [-0.25, -0.2) is 17.8 Å². The van der Waals surface area contributed by atoms with Gasteiger partial charge in [-0.3, -0.25) is 4.72 Å². The Morgan fingerprint density at radius 2 is 2.05 bits per heavy atom. The quantitative estimate of drug-likeness (QED) is 0.943. The van der Waals surface area contributed by atoms with E-state index in [1.165, 1.54) is 13.0 Å². The van der Waals surface area contributed by atoms with Crippen molar-refractivity contribution in [2.75, 3.05) is 4.72 Å². The van der Waals surface area contributed by atoms with E-state index in [1.54, 1.807) is 19.1 Å². The van der Waals surface area contributed by atoms with Crippen LogP contribution >= 0.6 is 22.9 Å². The largest absolute Gasteiger partial charge is 0.276 e. The van der Waals surface area contributed by atoms with Gasteiger partial charge in [-0.1, -0.05) is 35.1 Å². The van der Waals surface area contributed by atoms with Gasteiger partial charge in [0.05, 0.1) is 11.4 Å². The van der Waals surface area contributed by atoms with Crippen molar-refractivity contribution < 1.29 is 12.8 Å². The van der Waals surface area contributed by atoms with Gasteiger partial charge in [0.1, 0.15) is 5.82 Å². The van der Waals surface area contributed by atoms with E-state index in [0.717, 1.165) is 11.3 Å². The molecular formula is C11H10ClFN2O2S2. The van der Waals surface area contributed by atoms with E-state index in [-0.39, 0.29) is 20.1 Å². The van der Waals surface area contributed by atoms with Crippen molar-refractivity contribution in [3.63, 3.8) is 0 Å². The zero-order chi connectivity index (χ0) is 14.2. The fourth-order valence-electron chi connectivity index (χ4n) is 1.52. The van der Waals surface area contributed by atoms with E-state index in [9.17, 15) is 12.8 Å². The number of aromatic nitrogens is 1. The number of aryl methyl sites for hydroxylation is 2. The van der Waals surface area contributed by atoms with Crippen molar-refractivity contribution in [1.82, 2.24) is 4.98 Å². The van der Waals surface area contributed by atoms with Crippen molar-refractivity contribution in [3.05, 3.63) is 39.7 Å². The number of nitrogens with zero attached hydrogens (tertiary/aromatic N) is 1. The number of nitrogens with one attached hydrogen (secondary N) is 1. The molecule has 0 radical (unpaired) electrons. The van der Waals surface area contributed by atoms with Crippen molar-refractivity contribution in [2.24, 2.45) is 0 Å². The molecule has 0 saturated heterocycles. The highest BCUT2D eigenvalue weighted by Gasteiger charge is 2.22. The maximum absolute atomic E-state index is 13.8. The summed E-state index contributed by atoms with van der Waals surface area (Å²) in [5.74, 6) is -0.598. The molecule has 0 aliphatic rings. The molecule has 8 heteroatoms. The van der Waals surface area contributed by atoms with E-state index >= 15 is 0 Å². The number of hydrogen-bond acceptors (Lipinski definition) is 4. The molecule has 1 aromatic carbocycles. The maximum atomic E-state index is 13.8. The summed E-state index contributed by atoms with van der Waals surface area (Å²) in [4.78, 5) is 3.83. The Morgan fingerprint density at radius 1 is 1.37 bits per heavy atom. The first-order valence-corrected chi connectivity index (χ1v) is 7.90. The van der Waals surface area contributed by atoms with Crippen molar-refractivity contribution in [1.29, 1.82) is 0 Å². The summed E-state index contributed by atoms with van der Waals surface area (Å²) in [5.41, 5.74) is 0.554. The molecule has 102 valence electrons. The number of rotatable bonds is 3. The third kappa shape index (κ3) is 2.88. The Hall–Kier alpha value is -1.18. The highest BCUT2D eigenvalue weighted by atomic mass is 35.5. The van der Waals surface area contributed by atoms with Crippen LogP contribution in [0, 0.1) is 19.7 Å². The molecule has 0 aliphatic heterocycles. The molecule has 0 spiro atoms. The van der Waals surface area contributed by atoms with Gasteiger partial charge in [0.15, 0.2) is 8.68 Å². The third-order valence-electron chi connectivity index (χ3n) is 2.41. The molecule has 2 aromatic rings. The monoisotopic (exact) mass is 320 g/mol. The number of hydrogen-bond donors (Lipinski definition) is 1. The van der Waals surface area contributed by atoms with Crippen LogP contribution in [0.15, 0.2) is 22.4 Å². The van der Waals surface area contributed by atoms with Crippen LogP contribution in [0.25, 0.3) is 0 Å². The van der Waals surface area contributed by atoms with E-state index in [1.807, 2.05) is 0 Å². The molecule has 1 aromatic heterocycles. The second-order valence-corrected chi connectivity index (χ2v) is 7.34. The summed E-state index contributed by atoms with van der Waals surface area (Å²) in [6, 6.07) is 4.49. The number of benzene rings is 1. The topological polar surface area (TPSA) is 59.1 Å². The van der Waals surface area contributed by atoms with Gasteiger partial charge in [0, 0.05) is 0 Å². The number of halogens is 2. The normalized spacial score (nSPS) is 11.6. The molecule has 0 atom stereocenters. The minimum absolute atomic E-state index is 0.0154. The second-order valence-electron chi connectivity index (χ2n) is 3.88. The summed E-state index contributed by atoms with van der Waals surface area (Å²) in [5, 5.41) is 0. The average Bonchev–Trinajstić information content (AvgIpc) is 2.65. The molecule has 0 bridgehead atoms. The van der Waals surface area contributed by atoms with E-state index in [0.29, 0.717) is 5.56 Å². The highest BCUT2D eigenvalue weighted by molar-refractivity contribution is 7.94. The van der Waals surface area contributed by atoms with Crippen LogP contribution in [0.1, 0.15) is 11.3 Å². The smallest absolute Gasteiger partial charge is 0.273 e. The Labute approximate surface area is 119 Å². The minimum Gasteiger partial charge on any atom is -0.276 e. The van der Waals surface area contributed by atoms with Crippen LogP contribution in [0.5, 0.6) is 0 Å². The number of anilines is 1. The third-order valence-corrected chi connectivity index (χ3v) is 5.65. The molecular weight excluding hydrogens is 311 g/mol. The molecule has 4 nitrogen and oxygen atoms in total. The number of sulfonamides is 1. The molecule has 0 saturated carbocycles. The Balaban J connectivity index is 2.42. The Bertz CT molecular complexity index is 728. The lowest BCUT2D eigenvalue weighted by Gasteiger charge is -2.08. The molecule has 1 heterocycles. The molecule has 0 unspecified atom stereocenters. The molecule has 2 rings (SSSR count). The first kappa shape index (κ1) is 14.2. The summed E-state index contributed by atoms with van der Waals surface area (Å²) >= 11 is 6.50. The molecule has 19 heavy (non-hydrogen) atoms. The lowest BCUT2D eigenvalue weighted by Crippen LogP contribution is -2.14. The molecule has 1 N–H and O–H groups in total. The summed E-state index contributed by atoms with van der Waals surface area (Å²) < 4.78 is 40.4. The predicted octanol–water partition coefficient (Wildman–Crippen LogP) is 3.35. The Kier molecular flexibility index (Phi) is 3.80. The minimum atomic E-state index is -3.88. The van der Waals surface area contributed by atoms with E-state index in [4.69, 9.17) is 11.6 Å². The second kappa shape index (κ2) is 5.07.